The Morgan fingerprint density at radius 1 is 1.44 bits per heavy atom. The van der Waals surface area contributed by atoms with Gasteiger partial charge in [-0.05, 0) is 27.2 Å². The molecule has 1 rings (SSSR count). The highest BCUT2D eigenvalue weighted by molar-refractivity contribution is 5.89. The fraction of sp³-hybridized carbons (Fsp3) is 0.545. The van der Waals surface area contributed by atoms with Gasteiger partial charge >= 0.3 is 12.1 Å². The minimum absolute atomic E-state index is 0.0681. The zero-order chi connectivity index (χ0) is 13.9. The van der Waals surface area contributed by atoms with Gasteiger partial charge in [-0.2, -0.15) is 0 Å². The molecule has 100 valence electrons. The van der Waals surface area contributed by atoms with E-state index in [2.05, 4.69) is 15.3 Å². The molecule has 1 aromatic rings. The summed E-state index contributed by atoms with van der Waals surface area (Å²) in [5, 5.41) is 11.3. The number of nitrogens with one attached hydrogen (secondary N) is 2. The molecular formula is C11H17N3O4. The van der Waals surface area contributed by atoms with Gasteiger partial charge in [0, 0.05) is 0 Å². The lowest BCUT2D eigenvalue weighted by Gasteiger charge is -2.18. The molecule has 0 fully saturated rings. The van der Waals surface area contributed by atoms with Crippen molar-refractivity contribution in [1.29, 1.82) is 0 Å². The molecule has 1 amide bonds. The van der Waals surface area contributed by atoms with Crippen molar-refractivity contribution in [3.8, 4) is 0 Å². The molecule has 0 unspecified atom stereocenters. The number of hydrogen-bond acceptors (Lipinski definition) is 4. The van der Waals surface area contributed by atoms with Crippen molar-refractivity contribution in [1.82, 2.24) is 9.97 Å². The largest absolute Gasteiger partial charge is 0.476 e. The van der Waals surface area contributed by atoms with Gasteiger partial charge in [-0.15, -0.1) is 0 Å². The number of carboxylic acid groups (broad SMARTS) is 1. The Morgan fingerprint density at radius 3 is 2.44 bits per heavy atom. The zero-order valence-electron chi connectivity index (χ0n) is 10.8. The summed E-state index contributed by atoms with van der Waals surface area (Å²) < 4.78 is 5.03. The maximum Gasteiger partial charge on any atom is 0.414 e. The van der Waals surface area contributed by atoms with Gasteiger partial charge in [0.2, 0.25) is 5.95 Å². The van der Waals surface area contributed by atoms with E-state index in [1.54, 1.807) is 27.7 Å². The molecular weight excluding hydrogens is 238 g/mol. The van der Waals surface area contributed by atoms with E-state index < -0.39 is 17.7 Å². The number of aryl methyl sites for hydroxylation is 1. The van der Waals surface area contributed by atoms with Gasteiger partial charge in [-0.1, -0.05) is 6.92 Å². The second-order valence-electron chi connectivity index (χ2n) is 4.70. The number of aromatic nitrogens is 2. The molecule has 0 atom stereocenters. The van der Waals surface area contributed by atoms with E-state index in [-0.39, 0.29) is 11.6 Å². The third-order valence-corrected chi connectivity index (χ3v) is 1.95. The van der Waals surface area contributed by atoms with E-state index >= 15 is 0 Å². The van der Waals surface area contributed by atoms with E-state index in [0.717, 1.165) is 0 Å². The SMILES string of the molecule is CCc1[nH]c(NC(=O)OC(C)(C)C)nc1C(=O)O. The lowest BCUT2D eigenvalue weighted by atomic mass is 10.2. The fourth-order valence-corrected chi connectivity index (χ4v) is 1.30. The quantitative estimate of drug-likeness (QED) is 0.766. The molecule has 0 saturated heterocycles. The predicted molar refractivity (Wildman–Crippen MR) is 64.8 cm³/mol. The molecule has 7 heteroatoms. The first kappa shape index (κ1) is 14.0. The number of carboxylic acids is 1. The number of aromatic carboxylic acids is 1. The summed E-state index contributed by atoms with van der Waals surface area (Å²) in [6, 6.07) is 0. The van der Waals surface area contributed by atoms with Crippen molar-refractivity contribution in [3.05, 3.63) is 11.4 Å². The Morgan fingerprint density at radius 2 is 2.06 bits per heavy atom. The van der Waals surface area contributed by atoms with Crippen LogP contribution in [0.1, 0.15) is 43.9 Å². The molecule has 0 spiro atoms. The van der Waals surface area contributed by atoms with Crippen LogP contribution in [-0.2, 0) is 11.2 Å². The molecule has 0 bridgehead atoms. The van der Waals surface area contributed by atoms with Crippen molar-refractivity contribution in [2.75, 3.05) is 5.32 Å². The second-order valence-corrected chi connectivity index (χ2v) is 4.70. The van der Waals surface area contributed by atoms with E-state index in [1.165, 1.54) is 0 Å². The van der Waals surface area contributed by atoms with Crippen LogP contribution in [0.2, 0.25) is 0 Å². The Labute approximate surface area is 105 Å². The van der Waals surface area contributed by atoms with Crippen LogP contribution in [0.25, 0.3) is 0 Å². The number of amides is 1. The van der Waals surface area contributed by atoms with Crippen molar-refractivity contribution in [2.45, 2.75) is 39.7 Å². The van der Waals surface area contributed by atoms with Crippen LogP contribution in [0, 0.1) is 0 Å². The number of H-pyrrole nitrogens is 1. The lowest BCUT2D eigenvalue weighted by molar-refractivity contribution is 0.0631. The maximum atomic E-state index is 11.5. The van der Waals surface area contributed by atoms with Crippen molar-refractivity contribution < 1.29 is 19.4 Å². The van der Waals surface area contributed by atoms with Gasteiger partial charge in [0.05, 0.1) is 5.69 Å². The number of rotatable bonds is 3. The lowest BCUT2D eigenvalue weighted by Crippen LogP contribution is -2.27. The highest BCUT2D eigenvalue weighted by Crippen LogP contribution is 2.13. The monoisotopic (exact) mass is 255 g/mol. The van der Waals surface area contributed by atoms with E-state index in [9.17, 15) is 9.59 Å². The number of anilines is 1. The summed E-state index contributed by atoms with van der Waals surface area (Å²) in [7, 11) is 0. The van der Waals surface area contributed by atoms with Crippen molar-refractivity contribution in [3.63, 3.8) is 0 Å². The number of imidazole rings is 1. The van der Waals surface area contributed by atoms with Crippen LogP contribution in [0.5, 0.6) is 0 Å². The highest BCUT2D eigenvalue weighted by atomic mass is 16.6. The third-order valence-electron chi connectivity index (χ3n) is 1.95. The molecule has 0 aliphatic rings. The number of nitrogens with zero attached hydrogens (tertiary/aromatic N) is 1. The van der Waals surface area contributed by atoms with Gasteiger partial charge in [0.25, 0.3) is 0 Å². The number of carbonyl (C=O) groups is 2. The standard InChI is InChI=1S/C11H17N3O4/c1-5-6-7(8(15)16)13-9(12-6)14-10(17)18-11(2,3)4/h5H2,1-4H3,(H,15,16)(H2,12,13,14,17). The van der Waals surface area contributed by atoms with Gasteiger partial charge in [-0.25, -0.2) is 14.6 Å². The number of hydrogen-bond donors (Lipinski definition) is 3. The molecule has 18 heavy (non-hydrogen) atoms. The third kappa shape index (κ3) is 3.76. The van der Waals surface area contributed by atoms with Crippen molar-refractivity contribution >= 4 is 18.0 Å². The second kappa shape index (κ2) is 5.07. The van der Waals surface area contributed by atoms with Crippen LogP contribution in [0.3, 0.4) is 0 Å². The first-order chi connectivity index (χ1) is 8.23. The molecule has 0 saturated carbocycles. The van der Waals surface area contributed by atoms with E-state index in [1.807, 2.05) is 0 Å². The summed E-state index contributed by atoms with van der Waals surface area (Å²) in [5.74, 6) is -1.07. The average Bonchev–Trinajstić information content (AvgIpc) is 2.57. The van der Waals surface area contributed by atoms with Crippen LogP contribution in [-0.4, -0.2) is 32.7 Å². The molecule has 1 heterocycles. The summed E-state index contributed by atoms with van der Waals surface area (Å²) in [5.41, 5.74) is -0.267. The zero-order valence-corrected chi connectivity index (χ0v) is 10.8. The van der Waals surface area contributed by atoms with E-state index in [4.69, 9.17) is 9.84 Å². The smallest absolute Gasteiger partial charge is 0.414 e. The topological polar surface area (TPSA) is 104 Å². The fourth-order valence-electron chi connectivity index (χ4n) is 1.30. The first-order valence-electron chi connectivity index (χ1n) is 5.55. The summed E-state index contributed by atoms with van der Waals surface area (Å²) in [6.07, 6.45) is -0.208. The normalized spacial score (nSPS) is 11.1. The minimum Gasteiger partial charge on any atom is -0.476 e. The minimum atomic E-state index is -1.14. The van der Waals surface area contributed by atoms with Crippen LogP contribution in [0.4, 0.5) is 10.7 Å². The molecule has 0 aliphatic carbocycles. The Hall–Kier alpha value is -2.05. The number of ether oxygens (including phenoxy) is 1. The predicted octanol–water partition coefficient (Wildman–Crippen LogP) is 2.02. The summed E-state index contributed by atoms with van der Waals surface area (Å²) in [6.45, 7) is 6.98. The van der Waals surface area contributed by atoms with Crippen LogP contribution in [0.15, 0.2) is 0 Å². The summed E-state index contributed by atoms with van der Waals surface area (Å²) in [4.78, 5) is 28.9. The molecule has 0 aromatic carbocycles. The van der Waals surface area contributed by atoms with Gasteiger partial charge in [0.1, 0.15) is 5.60 Å². The Kier molecular flexibility index (Phi) is 3.95. The molecule has 0 radical (unpaired) electrons. The van der Waals surface area contributed by atoms with E-state index in [0.29, 0.717) is 12.1 Å². The first-order valence-corrected chi connectivity index (χ1v) is 5.55. The summed E-state index contributed by atoms with van der Waals surface area (Å²) >= 11 is 0. The maximum absolute atomic E-state index is 11.5. The van der Waals surface area contributed by atoms with Gasteiger partial charge < -0.3 is 14.8 Å². The Balaban J connectivity index is 2.80. The Bertz CT molecular complexity index is 459. The van der Waals surface area contributed by atoms with Crippen LogP contribution < -0.4 is 5.32 Å². The van der Waals surface area contributed by atoms with Crippen molar-refractivity contribution in [2.24, 2.45) is 0 Å². The molecule has 3 N–H and O–H groups in total. The van der Waals surface area contributed by atoms with Gasteiger partial charge in [-0.3, -0.25) is 5.32 Å². The average molecular weight is 255 g/mol. The highest BCUT2D eigenvalue weighted by Gasteiger charge is 2.20. The number of aromatic amines is 1. The molecule has 0 aliphatic heterocycles. The molecule has 7 nitrogen and oxygen atoms in total. The molecule has 1 aromatic heterocycles. The van der Waals surface area contributed by atoms with Gasteiger partial charge in [0.15, 0.2) is 5.69 Å². The van der Waals surface area contributed by atoms with Crippen LogP contribution >= 0.6 is 0 Å². The number of carbonyl (C=O) groups excluding carboxylic acids is 1.